The molecule has 1 aromatic heterocycles. The number of phenolic OH excluding ortho intramolecular Hbond substituents is 1. The van der Waals surface area contributed by atoms with Crippen molar-refractivity contribution in [2.45, 2.75) is 38.1 Å². The Hall–Kier alpha value is -2.50. The molecule has 2 aromatic carbocycles. The summed E-state index contributed by atoms with van der Waals surface area (Å²) in [6.07, 6.45) is 6.02. The third kappa shape index (κ3) is 3.92. The summed E-state index contributed by atoms with van der Waals surface area (Å²) in [5.41, 5.74) is 5.06. The number of carbonyl (C=O) groups excluding carboxylic acids is 1. The van der Waals surface area contributed by atoms with Crippen molar-refractivity contribution in [2.24, 2.45) is 5.92 Å². The number of aromatic amines is 1. The molecule has 5 rings (SSSR count). The van der Waals surface area contributed by atoms with Crippen LogP contribution in [0.1, 0.15) is 29.7 Å². The van der Waals surface area contributed by atoms with E-state index < -0.39 is 0 Å². The fourth-order valence-electron chi connectivity index (χ4n) is 4.84. The number of fused-ring (bicyclic) bond motifs is 1. The van der Waals surface area contributed by atoms with Crippen molar-refractivity contribution in [2.75, 3.05) is 6.54 Å². The van der Waals surface area contributed by atoms with Gasteiger partial charge in [-0.1, -0.05) is 35.3 Å². The van der Waals surface area contributed by atoms with Gasteiger partial charge in [-0.15, -0.1) is 0 Å². The molecule has 0 bridgehead atoms. The van der Waals surface area contributed by atoms with Crippen molar-refractivity contribution in [3.05, 3.63) is 69.5 Å². The number of nitrogens with zero attached hydrogens (tertiary/aromatic N) is 2. The van der Waals surface area contributed by atoms with Crippen LogP contribution >= 0.6 is 23.2 Å². The average Bonchev–Trinajstić information content (AvgIpc) is 3.37. The first-order valence-corrected chi connectivity index (χ1v) is 11.3. The number of aromatic nitrogens is 2. The maximum Gasteiger partial charge on any atom is 0.226 e. The van der Waals surface area contributed by atoms with E-state index in [4.69, 9.17) is 23.2 Å². The van der Waals surface area contributed by atoms with Crippen molar-refractivity contribution >= 4 is 29.1 Å². The van der Waals surface area contributed by atoms with Crippen molar-refractivity contribution < 1.29 is 9.90 Å². The van der Waals surface area contributed by atoms with Crippen LogP contribution < -0.4 is 0 Å². The predicted molar refractivity (Wildman–Crippen MR) is 121 cm³/mol. The lowest BCUT2D eigenvalue weighted by Gasteiger charge is -2.31. The van der Waals surface area contributed by atoms with Gasteiger partial charge in [0.05, 0.1) is 6.20 Å². The third-order valence-electron chi connectivity index (χ3n) is 6.57. The summed E-state index contributed by atoms with van der Waals surface area (Å²) in [4.78, 5) is 15.2. The molecule has 160 valence electrons. The number of amides is 1. The Morgan fingerprint density at radius 3 is 2.58 bits per heavy atom. The van der Waals surface area contributed by atoms with Gasteiger partial charge in [-0.2, -0.15) is 5.10 Å². The van der Waals surface area contributed by atoms with Gasteiger partial charge in [-0.3, -0.25) is 9.89 Å². The summed E-state index contributed by atoms with van der Waals surface area (Å²) in [6.45, 7) is 0.780. The third-order valence-corrected chi connectivity index (χ3v) is 7.25. The van der Waals surface area contributed by atoms with Crippen LogP contribution in [0.5, 0.6) is 5.75 Å². The fourth-order valence-corrected chi connectivity index (χ4v) is 5.48. The van der Waals surface area contributed by atoms with Crippen LogP contribution in [0.4, 0.5) is 0 Å². The number of nitrogens with one attached hydrogen (secondary N) is 1. The molecule has 31 heavy (non-hydrogen) atoms. The Morgan fingerprint density at radius 2 is 1.84 bits per heavy atom. The van der Waals surface area contributed by atoms with E-state index in [-0.39, 0.29) is 23.6 Å². The zero-order valence-electron chi connectivity index (χ0n) is 16.9. The monoisotopic (exact) mass is 455 g/mol. The number of phenols is 1. The van der Waals surface area contributed by atoms with Crippen molar-refractivity contribution in [3.63, 3.8) is 0 Å². The lowest BCUT2D eigenvalue weighted by molar-refractivity contribution is -0.133. The van der Waals surface area contributed by atoms with Crippen LogP contribution in [0.3, 0.4) is 0 Å². The number of rotatable bonds is 4. The zero-order chi connectivity index (χ0) is 21.5. The largest absolute Gasteiger partial charge is 0.508 e. The molecular weight excluding hydrogens is 433 g/mol. The van der Waals surface area contributed by atoms with Gasteiger partial charge in [0, 0.05) is 34.2 Å². The van der Waals surface area contributed by atoms with E-state index in [1.54, 1.807) is 12.1 Å². The molecule has 0 radical (unpaired) electrons. The van der Waals surface area contributed by atoms with Crippen LogP contribution in [-0.4, -0.2) is 38.7 Å². The molecule has 2 heterocycles. The molecule has 1 saturated heterocycles. The summed E-state index contributed by atoms with van der Waals surface area (Å²) in [5, 5.41) is 17.8. The molecule has 1 aliphatic heterocycles. The molecule has 5 nitrogen and oxygen atoms in total. The Balaban J connectivity index is 1.31. The second kappa shape index (κ2) is 8.21. The number of hydrogen-bond donors (Lipinski definition) is 2. The van der Waals surface area contributed by atoms with Crippen LogP contribution in [-0.2, 0) is 24.1 Å². The molecule has 1 amide bonds. The first-order chi connectivity index (χ1) is 15.0. The first kappa shape index (κ1) is 20.4. The highest BCUT2D eigenvalue weighted by atomic mass is 35.5. The normalized spacial score (nSPS) is 20.8. The van der Waals surface area contributed by atoms with Crippen LogP contribution in [0, 0.1) is 5.92 Å². The van der Waals surface area contributed by atoms with E-state index in [9.17, 15) is 9.90 Å². The van der Waals surface area contributed by atoms with E-state index in [1.165, 1.54) is 11.3 Å². The Labute approximate surface area is 191 Å². The second-order valence-electron chi connectivity index (χ2n) is 8.46. The van der Waals surface area contributed by atoms with Gasteiger partial charge in [0.25, 0.3) is 0 Å². The maximum absolute atomic E-state index is 13.2. The number of aryl methyl sites for hydroxylation is 1. The van der Waals surface area contributed by atoms with E-state index in [0.717, 1.165) is 48.9 Å². The summed E-state index contributed by atoms with van der Waals surface area (Å²) >= 11 is 13.2. The minimum Gasteiger partial charge on any atom is -0.508 e. The zero-order valence-corrected chi connectivity index (χ0v) is 18.5. The number of H-pyrrole nitrogens is 1. The van der Waals surface area contributed by atoms with Gasteiger partial charge >= 0.3 is 0 Å². The van der Waals surface area contributed by atoms with Crippen LogP contribution in [0.2, 0.25) is 10.0 Å². The Kier molecular flexibility index (Phi) is 5.40. The lowest BCUT2D eigenvalue weighted by atomic mass is 9.92. The number of hydrogen-bond acceptors (Lipinski definition) is 3. The van der Waals surface area contributed by atoms with Crippen molar-refractivity contribution in [1.82, 2.24) is 15.1 Å². The molecule has 2 atom stereocenters. The molecule has 2 aliphatic rings. The molecule has 7 heteroatoms. The number of likely N-dealkylation sites (tertiary alicyclic amines) is 1. The van der Waals surface area contributed by atoms with Crippen molar-refractivity contribution in [1.29, 1.82) is 0 Å². The van der Waals surface area contributed by atoms with Gasteiger partial charge < -0.3 is 10.0 Å². The lowest BCUT2D eigenvalue weighted by Crippen LogP contribution is -2.41. The highest BCUT2D eigenvalue weighted by molar-refractivity contribution is 6.36. The molecule has 0 saturated carbocycles. The highest BCUT2D eigenvalue weighted by Gasteiger charge is 2.37. The topological polar surface area (TPSA) is 69.2 Å². The number of carbonyl (C=O) groups is 1. The summed E-state index contributed by atoms with van der Waals surface area (Å²) in [6, 6.07) is 10.9. The molecule has 1 fully saturated rings. The summed E-state index contributed by atoms with van der Waals surface area (Å²) in [7, 11) is 0. The summed E-state index contributed by atoms with van der Waals surface area (Å²) in [5.74, 6) is 0.316. The first-order valence-electron chi connectivity index (χ1n) is 10.6. The van der Waals surface area contributed by atoms with Gasteiger partial charge in [0.1, 0.15) is 5.75 Å². The number of aromatic hydroxyl groups is 1. The Morgan fingerprint density at radius 1 is 1.10 bits per heavy atom. The molecule has 0 spiro atoms. The smallest absolute Gasteiger partial charge is 0.226 e. The van der Waals surface area contributed by atoms with Crippen LogP contribution in [0.15, 0.2) is 42.6 Å². The average molecular weight is 456 g/mol. The highest BCUT2D eigenvalue weighted by Crippen LogP contribution is 2.36. The molecule has 1 unspecified atom stereocenters. The Bertz CT molecular complexity index is 1100. The van der Waals surface area contributed by atoms with Crippen LogP contribution in [0.25, 0.3) is 11.1 Å². The van der Waals surface area contributed by atoms with Crippen molar-refractivity contribution in [3.8, 4) is 16.9 Å². The van der Waals surface area contributed by atoms with E-state index >= 15 is 0 Å². The standard InChI is InChI=1S/C24H23Cl2N3O2/c25-21-11-16(14-1-4-19(30)5-2-14)12-22(26)20(21)10-15-7-8-29(24(15)31)18-3-6-23-17(9-18)13-27-28-23/h1-2,4-5,11-13,15,18,30H,3,6-10H2,(H,27,28)/t15-,18?/m0/s1. The maximum atomic E-state index is 13.2. The SMILES string of the molecule is O=C1[C@H](Cc2c(Cl)cc(-c3ccc(O)cc3)cc2Cl)CCN1C1CCc2[nH]ncc2C1. The fraction of sp³-hybridized carbons (Fsp3) is 0.333. The molecule has 3 aromatic rings. The minimum atomic E-state index is -0.0970. The van der Waals surface area contributed by atoms with E-state index in [1.807, 2.05) is 35.4 Å². The molecular formula is C24H23Cl2N3O2. The molecule has 1 aliphatic carbocycles. The second-order valence-corrected chi connectivity index (χ2v) is 9.27. The number of benzene rings is 2. The van der Waals surface area contributed by atoms with Gasteiger partial charge in [-0.25, -0.2) is 0 Å². The van der Waals surface area contributed by atoms with Gasteiger partial charge in [0.2, 0.25) is 5.91 Å². The minimum absolute atomic E-state index is 0.0970. The molecule has 2 N–H and O–H groups in total. The van der Waals surface area contributed by atoms with E-state index in [0.29, 0.717) is 16.5 Å². The predicted octanol–water partition coefficient (Wildman–Crippen LogP) is 5.04. The van der Waals surface area contributed by atoms with Gasteiger partial charge in [-0.05, 0) is 78.6 Å². The van der Waals surface area contributed by atoms with E-state index in [2.05, 4.69) is 10.2 Å². The summed E-state index contributed by atoms with van der Waals surface area (Å²) < 4.78 is 0. The van der Waals surface area contributed by atoms with Gasteiger partial charge in [0.15, 0.2) is 0 Å². The quantitative estimate of drug-likeness (QED) is 0.578. The number of halogens is 2.